The van der Waals surface area contributed by atoms with E-state index in [1.807, 2.05) is 37.3 Å². The van der Waals surface area contributed by atoms with E-state index < -0.39 is 0 Å². The Morgan fingerprint density at radius 3 is 1.50 bits per heavy atom. The third-order valence-corrected chi connectivity index (χ3v) is 5.06. The standard InChI is InChI=1S/C12H24O.C6H5.2CH3.Zr/c1-7(13)6-12-10(4)8(2)9(3)11(12)5;1-2-4-6-5-3-1;;;/h7-13H,6H2,1-5H3;1-5H;2*1H3;/q;3*-1;+3/t7?,8?,9?,10-,11?,12?;;;;/m0..../s1. The molecule has 6 atom stereocenters. The van der Waals surface area contributed by atoms with Crippen LogP contribution in [0.2, 0.25) is 0 Å². The molecule has 22 heavy (non-hydrogen) atoms. The van der Waals surface area contributed by atoms with Crippen LogP contribution < -0.4 is 0 Å². The Kier molecular flexibility index (Phi) is 16.5. The van der Waals surface area contributed by atoms with E-state index >= 15 is 0 Å². The van der Waals surface area contributed by atoms with Crippen LogP contribution in [0.25, 0.3) is 0 Å². The van der Waals surface area contributed by atoms with Crippen LogP contribution in [0.15, 0.2) is 30.3 Å². The molecule has 5 unspecified atom stereocenters. The maximum Gasteiger partial charge on any atom is 3.00 e. The average molecular weight is 383 g/mol. The first-order chi connectivity index (χ1) is 8.95. The van der Waals surface area contributed by atoms with E-state index in [9.17, 15) is 5.11 Å². The van der Waals surface area contributed by atoms with E-state index in [1.54, 1.807) is 0 Å². The second kappa shape index (κ2) is 13.5. The third-order valence-electron chi connectivity index (χ3n) is 5.06. The largest absolute Gasteiger partial charge is 3.00 e. The van der Waals surface area contributed by atoms with E-state index in [0.717, 1.165) is 36.0 Å². The Labute approximate surface area is 159 Å². The number of hydrogen-bond donors (Lipinski definition) is 1. The maximum absolute atomic E-state index is 9.42. The number of hydrogen-bond acceptors (Lipinski definition) is 1. The molecule has 1 aromatic rings. The molecule has 2 rings (SSSR count). The summed E-state index contributed by atoms with van der Waals surface area (Å²) in [4.78, 5) is 0. The molecule has 1 radical (unpaired) electrons. The second-order valence-corrected chi connectivity index (χ2v) is 6.26. The molecule has 1 fully saturated rings. The fourth-order valence-electron chi connectivity index (χ4n) is 3.38. The Morgan fingerprint density at radius 2 is 1.27 bits per heavy atom. The molecule has 1 aromatic carbocycles. The predicted octanol–water partition coefficient (Wildman–Crippen LogP) is 5.32. The van der Waals surface area contributed by atoms with Gasteiger partial charge in [0.2, 0.25) is 0 Å². The molecule has 1 nitrogen and oxygen atoms in total. The van der Waals surface area contributed by atoms with Crippen molar-refractivity contribution < 1.29 is 31.3 Å². The molecule has 1 aliphatic rings. The molecule has 0 bridgehead atoms. The van der Waals surface area contributed by atoms with E-state index in [0.29, 0.717) is 0 Å². The summed E-state index contributed by atoms with van der Waals surface area (Å²) >= 11 is 0. The summed E-state index contributed by atoms with van der Waals surface area (Å²) in [5.74, 6) is 3.92. The average Bonchev–Trinajstić information content (AvgIpc) is 2.59. The van der Waals surface area contributed by atoms with Gasteiger partial charge in [-0.15, -0.1) is 0 Å². The fraction of sp³-hybridized carbons (Fsp3) is 0.600. The summed E-state index contributed by atoms with van der Waals surface area (Å²) < 4.78 is 0. The summed E-state index contributed by atoms with van der Waals surface area (Å²) in [6.07, 6.45) is 0.851. The molecular formula is C20H35OZr. The number of rotatable bonds is 2. The van der Waals surface area contributed by atoms with Gasteiger partial charge in [0.05, 0.1) is 6.10 Å². The minimum atomic E-state index is -0.132. The van der Waals surface area contributed by atoms with Crippen molar-refractivity contribution in [3.05, 3.63) is 51.3 Å². The van der Waals surface area contributed by atoms with Crippen LogP contribution in [0.1, 0.15) is 41.0 Å². The second-order valence-electron chi connectivity index (χ2n) is 6.26. The molecule has 0 heterocycles. The van der Waals surface area contributed by atoms with Crippen molar-refractivity contribution >= 4 is 0 Å². The number of aliphatic hydroxyl groups is 1. The zero-order chi connectivity index (χ0) is 14.4. The molecule has 1 saturated carbocycles. The van der Waals surface area contributed by atoms with Gasteiger partial charge in [0, 0.05) is 0 Å². The Balaban J connectivity index is -0.000000346. The van der Waals surface area contributed by atoms with Crippen molar-refractivity contribution in [1.82, 2.24) is 0 Å². The predicted molar refractivity (Wildman–Crippen MR) is 94.5 cm³/mol. The van der Waals surface area contributed by atoms with Crippen LogP contribution >= 0.6 is 0 Å². The van der Waals surface area contributed by atoms with Crippen LogP contribution in [0.5, 0.6) is 0 Å². The van der Waals surface area contributed by atoms with Gasteiger partial charge in [-0.3, -0.25) is 0 Å². The minimum absolute atomic E-state index is 0. The molecule has 0 aromatic heterocycles. The fourth-order valence-corrected chi connectivity index (χ4v) is 3.38. The molecule has 1 aliphatic carbocycles. The van der Waals surface area contributed by atoms with Crippen LogP contribution in [0.4, 0.5) is 0 Å². The van der Waals surface area contributed by atoms with Crippen molar-refractivity contribution in [2.75, 3.05) is 0 Å². The van der Waals surface area contributed by atoms with Crippen molar-refractivity contribution in [3.8, 4) is 0 Å². The molecule has 0 saturated heterocycles. The van der Waals surface area contributed by atoms with Gasteiger partial charge in [-0.1, -0.05) is 27.7 Å². The van der Waals surface area contributed by atoms with Crippen molar-refractivity contribution in [1.29, 1.82) is 0 Å². The van der Waals surface area contributed by atoms with E-state index in [-0.39, 0.29) is 47.2 Å². The minimum Gasteiger partial charge on any atom is -0.393 e. The molecule has 125 valence electrons. The quantitative estimate of drug-likeness (QED) is 0.687. The summed E-state index contributed by atoms with van der Waals surface area (Å²) in [6.45, 7) is 11.3. The summed E-state index contributed by atoms with van der Waals surface area (Å²) in [5, 5.41) is 9.42. The van der Waals surface area contributed by atoms with Gasteiger partial charge in [0.25, 0.3) is 0 Å². The Bertz CT molecular complexity index is 298. The van der Waals surface area contributed by atoms with Crippen LogP contribution in [0, 0.1) is 50.5 Å². The Hall–Kier alpha value is 0.0631. The molecule has 0 amide bonds. The van der Waals surface area contributed by atoms with Crippen molar-refractivity contribution in [2.24, 2.45) is 29.6 Å². The molecule has 1 N–H and O–H groups in total. The monoisotopic (exact) mass is 381 g/mol. The molecular weight excluding hydrogens is 347 g/mol. The first-order valence-corrected chi connectivity index (χ1v) is 7.54. The first kappa shape index (κ1) is 26.9. The van der Waals surface area contributed by atoms with Gasteiger partial charge in [-0.25, -0.2) is 0 Å². The first-order valence-electron chi connectivity index (χ1n) is 7.54. The van der Waals surface area contributed by atoms with Crippen LogP contribution in [-0.2, 0) is 26.2 Å². The van der Waals surface area contributed by atoms with Gasteiger partial charge in [-0.05, 0) is 42.9 Å². The maximum atomic E-state index is 9.42. The van der Waals surface area contributed by atoms with Crippen LogP contribution in [0.3, 0.4) is 0 Å². The van der Waals surface area contributed by atoms with Gasteiger partial charge < -0.3 is 20.0 Å². The topological polar surface area (TPSA) is 20.2 Å². The normalized spacial score (nSPS) is 30.5. The number of benzene rings is 1. The zero-order valence-electron chi connectivity index (χ0n) is 15.5. The van der Waals surface area contributed by atoms with E-state index in [1.165, 1.54) is 0 Å². The summed E-state index contributed by atoms with van der Waals surface area (Å²) in [7, 11) is 0. The van der Waals surface area contributed by atoms with Crippen molar-refractivity contribution in [3.63, 3.8) is 0 Å². The summed E-state index contributed by atoms with van der Waals surface area (Å²) in [6, 6.07) is 12.5. The van der Waals surface area contributed by atoms with Gasteiger partial charge in [0.15, 0.2) is 0 Å². The van der Waals surface area contributed by atoms with E-state index in [4.69, 9.17) is 0 Å². The molecule has 0 aliphatic heterocycles. The Morgan fingerprint density at radius 1 is 0.864 bits per heavy atom. The third kappa shape index (κ3) is 8.07. The summed E-state index contributed by atoms with van der Waals surface area (Å²) in [5.41, 5.74) is 0. The SMILES string of the molecule is CC(O)CC1C(C)C(C)C(C)[C@@H]1C.[CH3-].[CH3-].[Zr+3].[c-]1ccccc1. The smallest absolute Gasteiger partial charge is 0.393 e. The molecule has 2 heteroatoms. The van der Waals surface area contributed by atoms with E-state index in [2.05, 4.69) is 33.8 Å². The van der Waals surface area contributed by atoms with Gasteiger partial charge in [-0.2, -0.15) is 36.4 Å². The number of aliphatic hydroxyl groups excluding tert-OH is 1. The van der Waals surface area contributed by atoms with Gasteiger partial charge in [0.1, 0.15) is 0 Å². The van der Waals surface area contributed by atoms with Crippen LogP contribution in [-0.4, -0.2) is 11.2 Å². The molecule has 0 spiro atoms. The van der Waals surface area contributed by atoms with Gasteiger partial charge >= 0.3 is 26.2 Å². The zero-order valence-corrected chi connectivity index (χ0v) is 18.0. The van der Waals surface area contributed by atoms with Crippen molar-refractivity contribution in [2.45, 2.75) is 47.1 Å².